The molecule has 0 aliphatic carbocycles. The maximum atomic E-state index is 7.90. The molecule has 0 atom stereocenters. The Morgan fingerprint density at radius 2 is 2.11 bits per heavy atom. The summed E-state index contributed by atoms with van der Waals surface area (Å²) >= 11 is 0. The zero-order valence-electron chi connectivity index (χ0n) is 11.8. The predicted octanol–water partition coefficient (Wildman–Crippen LogP) is 3.08. The second-order valence-electron chi connectivity index (χ2n) is 5.49. The van der Waals surface area contributed by atoms with E-state index in [0.717, 1.165) is 24.8 Å². The number of nitrogens with one attached hydrogen (secondary N) is 1. The van der Waals surface area contributed by atoms with E-state index < -0.39 is 0 Å². The van der Waals surface area contributed by atoms with Gasteiger partial charge in [-0.3, -0.25) is 5.41 Å². The summed E-state index contributed by atoms with van der Waals surface area (Å²) in [5.74, 6) is 1.29. The third-order valence-corrected chi connectivity index (χ3v) is 3.29. The Morgan fingerprint density at radius 1 is 1.37 bits per heavy atom. The highest BCUT2D eigenvalue weighted by atomic mass is 16.5. The zero-order chi connectivity index (χ0) is 14.0. The van der Waals surface area contributed by atoms with Crippen molar-refractivity contribution in [1.82, 2.24) is 0 Å². The van der Waals surface area contributed by atoms with Gasteiger partial charge >= 0.3 is 0 Å². The third kappa shape index (κ3) is 2.78. The smallest absolute Gasteiger partial charge is 0.158 e. The molecule has 0 unspecified atom stereocenters. The van der Waals surface area contributed by atoms with Crippen LogP contribution in [0.25, 0.3) is 0 Å². The number of unbranched alkanes of at least 4 members (excludes halogenated alkanes) is 1. The molecule has 1 heterocycles. The van der Waals surface area contributed by atoms with Crippen LogP contribution in [0.3, 0.4) is 0 Å². The lowest BCUT2D eigenvalue weighted by atomic mass is 10.0. The van der Waals surface area contributed by atoms with Gasteiger partial charge in [0.15, 0.2) is 5.84 Å². The van der Waals surface area contributed by atoms with E-state index in [1.54, 1.807) is 0 Å². The van der Waals surface area contributed by atoms with Crippen LogP contribution in [0.1, 0.15) is 51.2 Å². The first-order valence-corrected chi connectivity index (χ1v) is 6.70. The van der Waals surface area contributed by atoms with E-state index in [-0.39, 0.29) is 11.4 Å². The molecule has 1 aromatic rings. The van der Waals surface area contributed by atoms with Gasteiger partial charge < -0.3 is 10.5 Å². The first kappa shape index (κ1) is 13.6. The molecule has 0 fully saturated rings. The molecule has 0 amide bonds. The van der Waals surface area contributed by atoms with Gasteiger partial charge in [-0.1, -0.05) is 25.5 Å². The average Bonchev–Trinajstić information content (AvgIpc) is 2.63. The minimum absolute atomic E-state index is 0.189. The van der Waals surface area contributed by atoms with Gasteiger partial charge in [0.05, 0.1) is 5.56 Å². The molecule has 0 spiro atoms. The standard InChI is InChI=1S/C15H21N3O/c1-4-5-9-15(2,3)19-11-8-6-7-10-12(11)14(17)18-13(10)16/h6-8H,4-5,9H2,1-3H3,(H3,16,17,18). The van der Waals surface area contributed by atoms with E-state index in [2.05, 4.69) is 25.8 Å². The van der Waals surface area contributed by atoms with Crippen LogP contribution in [-0.4, -0.2) is 17.3 Å². The van der Waals surface area contributed by atoms with Crippen molar-refractivity contribution in [1.29, 1.82) is 5.41 Å². The highest BCUT2D eigenvalue weighted by Crippen LogP contribution is 2.31. The molecule has 0 aromatic heterocycles. The molecule has 0 radical (unpaired) electrons. The van der Waals surface area contributed by atoms with E-state index in [1.807, 2.05) is 18.2 Å². The number of nitrogens with two attached hydrogens (primary N) is 1. The molecule has 102 valence electrons. The highest BCUT2D eigenvalue weighted by Gasteiger charge is 2.26. The van der Waals surface area contributed by atoms with Crippen LogP contribution in [0.15, 0.2) is 23.2 Å². The number of fused-ring (bicyclic) bond motifs is 1. The van der Waals surface area contributed by atoms with Crippen LogP contribution >= 0.6 is 0 Å². The molecule has 0 saturated heterocycles. The van der Waals surface area contributed by atoms with Crippen molar-refractivity contribution in [2.24, 2.45) is 10.7 Å². The summed E-state index contributed by atoms with van der Waals surface area (Å²) in [5, 5.41) is 7.90. The number of benzene rings is 1. The fourth-order valence-electron chi connectivity index (χ4n) is 2.26. The summed E-state index contributed by atoms with van der Waals surface area (Å²) in [5.41, 5.74) is 7.07. The van der Waals surface area contributed by atoms with Crippen molar-refractivity contribution in [2.75, 3.05) is 0 Å². The molecule has 3 N–H and O–H groups in total. The van der Waals surface area contributed by atoms with E-state index in [1.165, 1.54) is 0 Å². The van der Waals surface area contributed by atoms with Gasteiger partial charge in [0.2, 0.25) is 0 Å². The van der Waals surface area contributed by atoms with E-state index in [9.17, 15) is 0 Å². The molecule has 0 bridgehead atoms. The summed E-state index contributed by atoms with van der Waals surface area (Å²) in [6.07, 6.45) is 3.25. The molecule has 1 aliphatic rings. The SMILES string of the molecule is CCCCC(C)(C)Oc1cccc2c1C(=N)N=C2N. The Labute approximate surface area is 114 Å². The monoisotopic (exact) mass is 259 g/mol. The molecule has 4 nitrogen and oxygen atoms in total. The molecule has 4 heteroatoms. The minimum atomic E-state index is -0.247. The number of hydrogen-bond acceptors (Lipinski definition) is 3. The molecule has 0 saturated carbocycles. The summed E-state index contributed by atoms with van der Waals surface area (Å²) in [6.45, 7) is 6.32. The normalized spacial score (nSPS) is 14.3. The van der Waals surface area contributed by atoms with Crippen LogP contribution in [0.2, 0.25) is 0 Å². The fourth-order valence-corrected chi connectivity index (χ4v) is 2.26. The second-order valence-corrected chi connectivity index (χ2v) is 5.49. The molecule has 1 aliphatic heterocycles. The lowest BCUT2D eigenvalue weighted by Crippen LogP contribution is -2.28. The van der Waals surface area contributed by atoms with Crippen molar-refractivity contribution in [3.8, 4) is 5.75 Å². The second kappa shape index (κ2) is 5.03. The van der Waals surface area contributed by atoms with Gasteiger partial charge in [-0.25, -0.2) is 4.99 Å². The molecule has 1 aromatic carbocycles. The Morgan fingerprint density at radius 3 is 2.79 bits per heavy atom. The van der Waals surface area contributed by atoms with Crippen molar-refractivity contribution >= 4 is 11.7 Å². The number of nitrogens with zero attached hydrogens (tertiary/aromatic N) is 1. The largest absolute Gasteiger partial charge is 0.487 e. The predicted molar refractivity (Wildman–Crippen MR) is 78.2 cm³/mol. The molecule has 19 heavy (non-hydrogen) atoms. The van der Waals surface area contributed by atoms with Gasteiger partial charge in [-0.2, -0.15) is 0 Å². The Kier molecular flexibility index (Phi) is 3.60. The van der Waals surface area contributed by atoms with Gasteiger partial charge in [-0.05, 0) is 32.8 Å². The number of ether oxygens (including phenoxy) is 1. The van der Waals surface area contributed by atoms with Crippen LogP contribution in [0.5, 0.6) is 5.75 Å². The number of rotatable bonds is 5. The Hall–Kier alpha value is -1.84. The first-order chi connectivity index (χ1) is 8.94. The molecular formula is C15H21N3O. The average molecular weight is 259 g/mol. The van der Waals surface area contributed by atoms with E-state index in [4.69, 9.17) is 15.9 Å². The maximum Gasteiger partial charge on any atom is 0.158 e. The van der Waals surface area contributed by atoms with Gasteiger partial charge in [0, 0.05) is 5.56 Å². The summed E-state index contributed by atoms with van der Waals surface area (Å²) in [7, 11) is 0. The minimum Gasteiger partial charge on any atom is -0.487 e. The van der Waals surface area contributed by atoms with Crippen molar-refractivity contribution < 1.29 is 4.74 Å². The van der Waals surface area contributed by atoms with Crippen molar-refractivity contribution in [3.05, 3.63) is 29.3 Å². The van der Waals surface area contributed by atoms with Crippen LogP contribution in [0.4, 0.5) is 0 Å². The molecule has 2 rings (SSSR count). The lowest BCUT2D eigenvalue weighted by Gasteiger charge is -2.27. The summed E-state index contributed by atoms with van der Waals surface area (Å²) < 4.78 is 6.10. The van der Waals surface area contributed by atoms with Gasteiger partial charge in [0.25, 0.3) is 0 Å². The van der Waals surface area contributed by atoms with E-state index in [0.29, 0.717) is 17.1 Å². The molecular weight excluding hydrogens is 238 g/mol. The quantitative estimate of drug-likeness (QED) is 0.853. The van der Waals surface area contributed by atoms with Gasteiger partial charge in [-0.15, -0.1) is 0 Å². The van der Waals surface area contributed by atoms with Crippen LogP contribution in [0, 0.1) is 5.41 Å². The third-order valence-electron chi connectivity index (χ3n) is 3.29. The number of hydrogen-bond donors (Lipinski definition) is 2. The fraction of sp³-hybridized carbons (Fsp3) is 0.467. The van der Waals surface area contributed by atoms with Crippen molar-refractivity contribution in [3.63, 3.8) is 0 Å². The van der Waals surface area contributed by atoms with E-state index >= 15 is 0 Å². The highest BCUT2D eigenvalue weighted by molar-refractivity contribution is 6.22. The number of amidine groups is 2. The topological polar surface area (TPSA) is 71.5 Å². The Bertz CT molecular complexity index is 532. The van der Waals surface area contributed by atoms with Crippen LogP contribution in [-0.2, 0) is 0 Å². The summed E-state index contributed by atoms with van der Waals surface area (Å²) in [6, 6.07) is 5.65. The maximum absolute atomic E-state index is 7.90. The number of aliphatic imine (C=N–C) groups is 1. The van der Waals surface area contributed by atoms with Crippen molar-refractivity contribution in [2.45, 2.75) is 45.6 Å². The van der Waals surface area contributed by atoms with Crippen LogP contribution < -0.4 is 10.5 Å². The summed E-state index contributed by atoms with van der Waals surface area (Å²) in [4.78, 5) is 4.01. The lowest BCUT2D eigenvalue weighted by molar-refractivity contribution is 0.0965. The zero-order valence-corrected chi connectivity index (χ0v) is 11.8. The first-order valence-electron chi connectivity index (χ1n) is 6.70. The van der Waals surface area contributed by atoms with Gasteiger partial charge in [0.1, 0.15) is 17.2 Å². The Balaban J connectivity index is 2.27.